The van der Waals surface area contributed by atoms with E-state index in [0.29, 0.717) is 17.2 Å². The maximum atomic E-state index is 13.3. The summed E-state index contributed by atoms with van der Waals surface area (Å²) in [6.07, 6.45) is 2.19. The second-order valence-corrected chi connectivity index (χ2v) is 11.0. The van der Waals surface area contributed by atoms with Crippen molar-refractivity contribution in [3.05, 3.63) is 59.0 Å². The SMILES string of the molecule is CCSc1nnc(SC(C)C(=O)N2N=C(c3ccc(Cl)cc3)CC2c2ccco2)s1. The zero-order chi connectivity index (χ0) is 21.1. The molecule has 2 aromatic heterocycles. The molecule has 0 saturated carbocycles. The van der Waals surface area contributed by atoms with Crippen LogP contribution >= 0.6 is 46.5 Å². The van der Waals surface area contributed by atoms with E-state index in [4.69, 9.17) is 16.0 Å². The molecule has 2 unspecified atom stereocenters. The number of hydrazone groups is 1. The van der Waals surface area contributed by atoms with Gasteiger partial charge in [0.1, 0.15) is 11.8 Å². The molecule has 1 amide bonds. The number of halogens is 1. The number of amides is 1. The molecule has 30 heavy (non-hydrogen) atoms. The fourth-order valence-corrected chi connectivity index (χ4v) is 6.28. The Bertz CT molecular complexity index is 1040. The summed E-state index contributed by atoms with van der Waals surface area (Å²) in [5, 5.41) is 14.9. The van der Waals surface area contributed by atoms with E-state index in [0.717, 1.165) is 25.7 Å². The highest BCUT2D eigenvalue weighted by Gasteiger charge is 2.37. The molecule has 1 aromatic carbocycles. The van der Waals surface area contributed by atoms with Crippen LogP contribution in [0.2, 0.25) is 5.02 Å². The van der Waals surface area contributed by atoms with E-state index < -0.39 is 0 Å². The maximum Gasteiger partial charge on any atom is 0.256 e. The number of nitrogens with zero attached hydrogens (tertiary/aromatic N) is 4. The number of hydrogen-bond donors (Lipinski definition) is 0. The zero-order valence-electron chi connectivity index (χ0n) is 16.3. The number of thioether (sulfide) groups is 2. The van der Waals surface area contributed by atoms with Crippen LogP contribution in [0.1, 0.15) is 37.6 Å². The molecule has 1 aliphatic heterocycles. The Labute approximate surface area is 192 Å². The second-order valence-electron chi connectivity index (χ2n) is 6.50. The molecule has 1 aliphatic rings. The third-order valence-corrected chi connectivity index (χ3v) is 7.83. The molecule has 10 heteroatoms. The molecule has 6 nitrogen and oxygen atoms in total. The van der Waals surface area contributed by atoms with Crippen LogP contribution in [0.5, 0.6) is 0 Å². The first-order chi connectivity index (χ1) is 14.5. The molecule has 156 valence electrons. The second kappa shape index (κ2) is 9.55. The topological polar surface area (TPSA) is 71.6 Å². The molecule has 0 saturated heterocycles. The van der Waals surface area contributed by atoms with Crippen molar-refractivity contribution in [1.82, 2.24) is 15.2 Å². The van der Waals surface area contributed by atoms with Gasteiger partial charge in [-0.25, -0.2) is 5.01 Å². The highest BCUT2D eigenvalue weighted by atomic mass is 35.5. The van der Waals surface area contributed by atoms with Gasteiger partial charge in [-0.2, -0.15) is 5.10 Å². The maximum absolute atomic E-state index is 13.3. The first-order valence-corrected chi connectivity index (χ1v) is 12.4. The number of carbonyl (C=O) groups excluding carboxylic acids is 1. The predicted molar refractivity (Wildman–Crippen MR) is 123 cm³/mol. The predicted octanol–water partition coefficient (Wildman–Crippen LogP) is 5.76. The molecular formula is C20H19ClN4O2S3. The number of benzene rings is 1. The van der Waals surface area contributed by atoms with Gasteiger partial charge < -0.3 is 4.42 Å². The first-order valence-electron chi connectivity index (χ1n) is 9.38. The average Bonchev–Trinajstić information content (AvgIpc) is 3.49. The van der Waals surface area contributed by atoms with Crippen LogP contribution < -0.4 is 0 Å². The third-order valence-electron chi connectivity index (χ3n) is 4.47. The lowest BCUT2D eigenvalue weighted by Crippen LogP contribution is -2.33. The number of carbonyl (C=O) groups is 1. The quantitative estimate of drug-likeness (QED) is 0.402. The smallest absolute Gasteiger partial charge is 0.256 e. The summed E-state index contributed by atoms with van der Waals surface area (Å²) < 4.78 is 7.31. The Morgan fingerprint density at radius 2 is 2.07 bits per heavy atom. The Hall–Kier alpha value is -1.81. The van der Waals surface area contributed by atoms with Gasteiger partial charge >= 0.3 is 0 Å². The summed E-state index contributed by atoms with van der Waals surface area (Å²) >= 11 is 10.6. The normalized spacial score (nSPS) is 17.2. The summed E-state index contributed by atoms with van der Waals surface area (Å²) in [6.45, 7) is 3.94. The number of rotatable bonds is 7. The van der Waals surface area contributed by atoms with Gasteiger partial charge in [0, 0.05) is 11.4 Å². The number of aromatic nitrogens is 2. The van der Waals surface area contributed by atoms with E-state index in [1.54, 1.807) is 23.0 Å². The lowest BCUT2D eigenvalue weighted by molar-refractivity contribution is -0.132. The summed E-state index contributed by atoms with van der Waals surface area (Å²) in [5.41, 5.74) is 1.77. The summed E-state index contributed by atoms with van der Waals surface area (Å²) in [4.78, 5) is 13.3. The molecule has 0 spiro atoms. The summed E-state index contributed by atoms with van der Waals surface area (Å²) in [5.74, 6) is 1.56. The van der Waals surface area contributed by atoms with Crippen LogP contribution in [0.25, 0.3) is 0 Å². The van der Waals surface area contributed by atoms with Crippen LogP contribution in [-0.2, 0) is 4.79 Å². The Kier molecular flexibility index (Phi) is 6.82. The van der Waals surface area contributed by atoms with Gasteiger partial charge in [-0.1, -0.05) is 65.5 Å². The van der Waals surface area contributed by atoms with Crippen molar-refractivity contribution < 1.29 is 9.21 Å². The van der Waals surface area contributed by atoms with Crippen molar-refractivity contribution >= 4 is 58.1 Å². The van der Waals surface area contributed by atoms with E-state index in [1.165, 1.54) is 23.1 Å². The van der Waals surface area contributed by atoms with Gasteiger partial charge in [-0.05, 0) is 42.5 Å². The molecule has 0 bridgehead atoms. The first kappa shape index (κ1) is 21.4. The van der Waals surface area contributed by atoms with E-state index in [2.05, 4.69) is 22.2 Å². The molecule has 0 radical (unpaired) electrons. The molecule has 2 atom stereocenters. The molecule has 0 aliphatic carbocycles. The molecule has 3 aromatic rings. The minimum absolute atomic E-state index is 0.0924. The van der Waals surface area contributed by atoms with Gasteiger partial charge in [0.2, 0.25) is 0 Å². The van der Waals surface area contributed by atoms with Crippen LogP contribution in [0.4, 0.5) is 0 Å². The lowest BCUT2D eigenvalue weighted by Gasteiger charge is -2.22. The van der Waals surface area contributed by atoms with E-state index in [9.17, 15) is 4.79 Å². The van der Waals surface area contributed by atoms with Gasteiger partial charge in [0.15, 0.2) is 8.68 Å². The van der Waals surface area contributed by atoms with Gasteiger partial charge in [0.25, 0.3) is 5.91 Å². The molecule has 0 fully saturated rings. The Balaban J connectivity index is 1.55. The average molecular weight is 479 g/mol. The largest absolute Gasteiger partial charge is 0.467 e. The van der Waals surface area contributed by atoms with E-state index in [1.807, 2.05) is 43.3 Å². The minimum Gasteiger partial charge on any atom is -0.467 e. The number of hydrogen-bond acceptors (Lipinski definition) is 8. The van der Waals surface area contributed by atoms with Crippen LogP contribution in [0.15, 0.2) is 60.9 Å². The third kappa shape index (κ3) is 4.74. The monoisotopic (exact) mass is 478 g/mol. The van der Waals surface area contributed by atoms with Crippen LogP contribution in [-0.4, -0.2) is 37.8 Å². The van der Waals surface area contributed by atoms with Gasteiger partial charge in [0.05, 0.1) is 17.2 Å². The van der Waals surface area contributed by atoms with Crippen molar-refractivity contribution in [2.45, 2.75) is 40.2 Å². The summed E-state index contributed by atoms with van der Waals surface area (Å²) in [7, 11) is 0. The van der Waals surface area contributed by atoms with Crippen molar-refractivity contribution in [2.24, 2.45) is 5.10 Å². The van der Waals surface area contributed by atoms with Crippen molar-refractivity contribution in [2.75, 3.05) is 5.75 Å². The van der Waals surface area contributed by atoms with Gasteiger partial charge in [-0.3, -0.25) is 4.79 Å². The fourth-order valence-electron chi connectivity index (χ4n) is 3.05. The molecule has 4 rings (SSSR count). The Morgan fingerprint density at radius 1 is 1.30 bits per heavy atom. The molecule has 0 N–H and O–H groups in total. The van der Waals surface area contributed by atoms with Crippen molar-refractivity contribution in [3.63, 3.8) is 0 Å². The van der Waals surface area contributed by atoms with Crippen molar-refractivity contribution in [1.29, 1.82) is 0 Å². The molecular weight excluding hydrogens is 460 g/mol. The van der Waals surface area contributed by atoms with Gasteiger partial charge in [-0.15, -0.1) is 10.2 Å². The summed E-state index contributed by atoms with van der Waals surface area (Å²) in [6, 6.07) is 10.9. The molecule has 3 heterocycles. The highest BCUT2D eigenvalue weighted by molar-refractivity contribution is 8.03. The van der Waals surface area contributed by atoms with E-state index in [-0.39, 0.29) is 17.2 Å². The fraction of sp³-hybridized carbons (Fsp3) is 0.300. The number of furan rings is 1. The van der Waals surface area contributed by atoms with Crippen LogP contribution in [0.3, 0.4) is 0 Å². The van der Waals surface area contributed by atoms with E-state index >= 15 is 0 Å². The lowest BCUT2D eigenvalue weighted by atomic mass is 10.0. The zero-order valence-corrected chi connectivity index (χ0v) is 19.5. The highest BCUT2D eigenvalue weighted by Crippen LogP contribution is 2.37. The Morgan fingerprint density at radius 3 is 2.77 bits per heavy atom. The van der Waals surface area contributed by atoms with Crippen molar-refractivity contribution in [3.8, 4) is 0 Å². The van der Waals surface area contributed by atoms with Crippen LogP contribution in [0, 0.1) is 0 Å². The minimum atomic E-state index is -0.358. The standard InChI is InChI=1S/C20H19ClN4O2S3/c1-3-28-19-22-23-20(30-19)29-12(2)18(26)25-16(17-5-4-10-27-17)11-15(24-25)13-6-8-14(21)9-7-13/h4-10,12,16H,3,11H2,1-2H3.